The highest BCUT2D eigenvalue weighted by molar-refractivity contribution is 6.37. The number of anilines is 1. The van der Waals surface area contributed by atoms with E-state index in [-0.39, 0.29) is 0 Å². The molecule has 1 N–H and O–H groups in total. The zero-order chi connectivity index (χ0) is 12.4. The number of halogens is 2. The van der Waals surface area contributed by atoms with Gasteiger partial charge >= 0.3 is 0 Å². The van der Waals surface area contributed by atoms with E-state index in [1.807, 2.05) is 20.0 Å². The van der Waals surface area contributed by atoms with Crippen LogP contribution in [0.4, 0.5) is 5.82 Å². The van der Waals surface area contributed by atoms with E-state index < -0.39 is 0 Å². The number of aromatic nitrogens is 3. The number of rotatable bonds is 3. The summed E-state index contributed by atoms with van der Waals surface area (Å²) in [5.74, 6) is 0.634. The van der Waals surface area contributed by atoms with Crippen molar-refractivity contribution in [2.45, 2.75) is 6.92 Å². The summed E-state index contributed by atoms with van der Waals surface area (Å²) in [7, 11) is 1.84. The molecule has 0 aromatic carbocycles. The van der Waals surface area contributed by atoms with E-state index in [4.69, 9.17) is 23.2 Å². The Labute approximate surface area is 110 Å². The molecule has 0 saturated carbocycles. The van der Waals surface area contributed by atoms with Crippen LogP contribution in [0.1, 0.15) is 6.92 Å². The summed E-state index contributed by atoms with van der Waals surface area (Å²) in [5.41, 5.74) is 1.53. The van der Waals surface area contributed by atoms with Crippen LogP contribution in [0.2, 0.25) is 10.0 Å². The Morgan fingerprint density at radius 3 is 2.71 bits per heavy atom. The van der Waals surface area contributed by atoms with Crippen LogP contribution in [0.25, 0.3) is 11.4 Å². The summed E-state index contributed by atoms with van der Waals surface area (Å²) < 4.78 is 1.72. The minimum Gasteiger partial charge on any atom is -0.369 e. The molecule has 6 heteroatoms. The molecule has 0 aliphatic carbocycles. The van der Waals surface area contributed by atoms with Crippen LogP contribution in [0, 0.1) is 0 Å². The summed E-state index contributed by atoms with van der Waals surface area (Å²) in [5, 5.41) is 8.22. The Balaban J connectivity index is 2.54. The molecule has 0 unspecified atom stereocenters. The Hall–Kier alpha value is -1.26. The first-order valence-electron chi connectivity index (χ1n) is 5.21. The van der Waals surface area contributed by atoms with E-state index in [0.29, 0.717) is 21.6 Å². The molecule has 0 aliphatic heterocycles. The summed E-state index contributed by atoms with van der Waals surface area (Å²) in [6, 6.07) is 3.55. The van der Waals surface area contributed by atoms with Crippen LogP contribution in [0.5, 0.6) is 0 Å². The van der Waals surface area contributed by atoms with Crippen LogP contribution in [0.3, 0.4) is 0 Å². The van der Waals surface area contributed by atoms with Crippen molar-refractivity contribution in [1.82, 2.24) is 14.8 Å². The molecule has 0 atom stereocenters. The number of hydrogen-bond donors (Lipinski definition) is 1. The first kappa shape index (κ1) is 12.2. The molecule has 0 bridgehead atoms. The van der Waals surface area contributed by atoms with Gasteiger partial charge < -0.3 is 5.32 Å². The maximum Gasteiger partial charge on any atom is 0.145 e. The van der Waals surface area contributed by atoms with Crippen molar-refractivity contribution in [2.75, 3.05) is 11.9 Å². The van der Waals surface area contributed by atoms with Gasteiger partial charge in [-0.2, -0.15) is 5.10 Å². The Bertz CT molecular complexity index is 536. The number of hydrogen-bond acceptors (Lipinski definition) is 3. The zero-order valence-electron chi connectivity index (χ0n) is 9.54. The number of nitrogens with zero attached hydrogens (tertiary/aromatic N) is 3. The van der Waals surface area contributed by atoms with Crippen molar-refractivity contribution in [2.24, 2.45) is 7.05 Å². The summed E-state index contributed by atoms with van der Waals surface area (Å²) in [6.45, 7) is 2.73. The van der Waals surface area contributed by atoms with Crippen molar-refractivity contribution in [1.29, 1.82) is 0 Å². The molecular weight excluding hydrogens is 259 g/mol. The van der Waals surface area contributed by atoms with Gasteiger partial charge in [0.2, 0.25) is 0 Å². The highest BCUT2D eigenvalue weighted by atomic mass is 35.5. The third-order valence-electron chi connectivity index (χ3n) is 2.34. The molecule has 0 aliphatic rings. The van der Waals surface area contributed by atoms with Gasteiger partial charge in [-0.3, -0.25) is 4.68 Å². The predicted octanol–water partition coefficient (Wildman–Crippen LogP) is 3.22. The molecule has 0 spiro atoms. The van der Waals surface area contributed by atoms with Crippen molar-refractivity contribution in [3.63, 3.8) is 0 Å². The molecule has 2 heterocycles. The average molecular weight is 271 g/mol. The summed E-state index contributed by atoms with van der Waals surface area (Å²) >= 11 is 12.2. The second-order valence-corrected chi connectivity index (χ2v) is 4.33. The average Bonchev–Trinajstić information content (AvgIpc) is 2.69. The maximum absolute atomic E-state index is 6.15. The monoisotopic (exact) mass is 270 g/mol. The van der Waals surface area contributed by atoms with Gasteiger partial charge in [-0.1, -0.05) is 23.2 Å². The summed E-state index contributed by atoms with van der Waals surface area (Å²) in [4.78, 5) is 4.43. The van der Waals surface area contributed by atoms with Gasteiger partial charge in [0.25, 0.3) is 0 Å². The lowest BCUT2D eigenvalue weighted by atomic mass is 10.2. The smallest absolute Gasteiger partial charge is 0.145 e. The molecule has 2 aromatic rings. The van der Waals surface area contributed by atoms with E-state index in [1.165, 1.54) is 0 Å². The van der Waals surface area contributed by atoms with Gasteiger partial charge in [0, 0.05) is 19.8 Å². The van der Waals surface area contributed by atoms with Gasteiger partial charge in [-0.05, 0) is 19.1 Å². The highest BCUT2D eigenvalue weighted by Crippen LogP contribution is 2.31. The molecule has 4 nitrogen and oxygen atoms in total. The SMILES string of the molecule is CCNc1nc(-c2ccnn2C)c(Cl)cc1Cl. The van der Waals surface area contributed by atoms with Gasteiger partial charge in [-0.15, -0.1) is 0 Å². The number of pyridine rings is 1. The molecule has 17 heavy (non-hydrogen) atoms. The first-order valence-corrected chi connectivity index (χ1v) is 5.97. The Morgan fingerprint density at radius 2 is 2.12 bits per heavy atom. The minimum atomic E-state index is 0.514. The lowest BCUT2D eigenvalue weighted by molar-refractivity contribution is 0.773. The molecule has 0 amide bonds. The molecule has 0 radical (unpaired) electrons. The fourth-order valence-electron chi connectivity index (χ4n) is 1.54. The van der Waals surface area contributed by atoms with Crippen molar-refractivity contribution < 1.29 is 0 Å². The highest BCUT2D eigenvalue weighted by Gasteiger charge is 2.13. The third-order valence-corrected chi connectivity index (χ3v) is 2.91. The van der Waals surface area contributed by atoms with Crippen LogP contribution < -0.4 is 5.32 Å². The second-order valence-electron chi connectivity index (χ2n) is 3.52. The van der Waals surface area contributed by atoms with E-state index in [9.17, 15) is 0 Å². The lowest BCUT2D eigenvalue weighted by Gasteiger charge is -2.09. The van der Waals surface area contributed by atoms with Crippen molar-refractivity contribution >= 4 is 29.0 Å². The van der Waals surface area contributed by atoms with E-state index in [2.05, 4.69) is 15.4 Å². The van der Waals surface area contributed by atoms with Crippen molar-refractivity contribution in [3.05, 3.63) is 28.4 Å². The molecule has 2 aromatic heterocycles. The second kappa shape index (κ2) is 4.94. The van der Waals surface area contributed by atoms with Gasteiger partial charge in [-0.25, -0.2) is 4.98 Å². The van der Waals surface area contributed by atoms with Crippen LogP contribution in [0.15, 0.2) is 18.3 Å². The van der Waals surface area contributed by atoms with Gasteiger partial charge in [0.05, 0.1) is 15.7 Å². The van der Waals surface area contributed by atoms with Crippen LogP contribution in [-0.2, 0) is 7.05 Å². The van der Waals surface area contributed by atoms with Crippen molar-refractivity contribution in [3.8, 4) is 11.4 Å². The van der Waals surface area contributed by atoms with Crippen LogP contribution in [-0.4, -0.2) is 21.3 Å². The first-order chi connectivity index (χ1) is 8.13. The maximum atomic E-state index is 6.15. The number of nitrogens with one attached hydrogen (secondary N) is 1. The standard InChI is InChI=1S/C11H12Cl2N4/c1-3-14-11-8(13)6-7(12)10(16-11)9-4-5-15-17(9)2/h4-6H,3H2,1-2H3,(H,14,16). The molecule has 0 saturated heterocycles. The lowest BCUT2D eigenvalue weighted by Crippen LogP contribution is -2.03. The van der Waals surface area contributed by atoms with E-state index in [1.54, 1.807) is 16.9 Å². The van der Waals surface area contributed by atoms with Crippen LogP contribution >= 0.6 is 23.2 Å². The number of aryl methyl sites for hydroxylation is 1. The zero-order valence-corrected chi connectivity index (χ0v) is 11.0. The quantitative estimate of drug-likeness (QED) is 0.932. The molecule has 2 rings (SSSR count). The largest absolute Gasteiger partial charge is 0.369 e. The Morgan fingerprint density at radius 1 is 1.35 bits per heavy atom. The Kier molecular flexibility index (Phi) is 3.54. The van der Waals surface area contributed by atoms with E-state index >= 15 is 0 Å². The van der Waals surface area contributed by atoms with E-state index in [0.717, 1.165) is 12.2 Å². The third kappa shape index (κ3) is 2.37. The van der Waals surface area contributed by atoms with Gasteiger partial charge in [0.1, 0.15) is 11.5 Å². The fourth-order valence-corrected chi connectivity index (χ4v) is 2.07. The molecule has 90 valence electrons. The fraction of sp³-hybridized carbons (Fsp3) is 0.273. The molecule has 0 fully saturated rings. The topological polar surface area (TPSA) is 42.7 Å². The van der Waals surface area contributed by atoms with Gasteiger partial charge in [0.15, 0.2) is 0 Å². The molecular formula is C11H12Cl2N4. The summed E-state index contributed by atoms with van der Waals surface area (Å²) in [6.07, 6.45) is 1.70. The minimum absolute atomic E-state index is 0.514. The predicted molar refractivity (Wildman–Crippen MR) is 70.6 cm³/mol. The normalized spacial score (nSPS) is 10.6.